The summed E-state index contributed by atoms with van der Waals surface area (Å²) in [4.78, 5) is 0. The van der Waals surface area contributed by atoms with Gasteiger partial charge < -0.3 is 5.32 Å². The summed E-state index contributed by atoms with van der Waals surface area (Å²) in [6.45, 7) is 3.80. The van der Waals surface area contributed by atoms with Gasteiger partial charge in [-0.15, -0.1) is 0 Å². The van der Waals surface area contributed by atoms with Crippen LogP contribution in [-0.2, 0) is 10.0 Å². The van der Waals surface area contributed by atoms with Gasteiger partial charge in [-0.05, 0) is 51.5 Å². The van der Waals surface area contributed by atoms with E-state index in [9.17, 15) is 8.42 Å². The third-order valence-electron chi connectivity index (χ3n) is 4.24. The fourth-order valence-electron chi connectivity index (χ4n) is 2.87. The number of nitrogens with one attached hydrogen (secondary N) is 1. The lowest BCUT2D eigenvalue weighted by Gasteiger charge is -2.34. The largest absolute Gasteiger partial charge is 0.314 e. The van der Waals surface area contributed by atoms with Gasteiger partial charge in [0.15, 0.2) is 0 Å². The standard InChI is InChI=1S/C14H28N2O2S/c1-2-14-7-3-5-11-16(14)19(17,18)12-6-4-10-15-13-8-9-13/h13-15H,2-12H2,1H3. The molecular formula is C14H28N2O2S. The molecule has 0 spiro atoms. The molecule has 2 rings (SSSR count). The second-order valence-corrected chi connectivity index (χ2v) is 7.96. The first-order valence-corrected chi connectivity index (χ1v) is 9.47. The van der Waals surface area contributed by atoms with Crippen LogP contribution in [0.15, 0.2) is 0 Å². The lowest BCUT2D eigenvalue weighted by molar-refractivity contribution is 0.246. The molecule has 1 heterocycles. The minimum atomic E-state index is -3.02. The number of hydrogen-bond donors (Lipinski definition) is 1. The molecule has 0 aromatic carbocycles. The SMILES string of the molecule is CCC1CCCCN1S(=O)(=O)CCCCNC1CC1. The molecule has 0 aromatic rings. The Bertz CT molecular complexity index is 366. The maximum Gasteiger partial charge on any atom is 0.214 e. The van der Waals surface area contributed by atoms with Crippen molar-refractivity contribution in [2.75, 3.05) is 18.8 Å². The van der Waals surface area contributed by atoms with Crippen LogP contribution in [0.2, 0.25) is 0 Å². The fourth-order valence-corrected chi connectivity index (χ4v) is 4.79. The molecule has 1 aliphatic heterocycles. The molecule has 1 saturated carbocycles. The Morgan fingerprint density at radius 3 is 2.63 bits per heavy atom. The topological polar surface area (TPSA) is 49.4 Å². The normalized spacial score (nSPS) is 25.6. The van der Waals surface area contributed by atoms with E-state index in [0.717, 1.165) is 51.2 Å². The van der Waals surface area contributed by atoms with Gasteiger partial charge in [-0.2, -0.15) is 4.31 Å². The molecule has 112 valence electrons. The number of piperidine rings is 1. The van der Waals surface area contributed by atoms with Crippen LogP contribution in [0.4, 0.5) is 0 Å². The van der Waals surface area contributed by atoms with Crippen LogP contribution in [0.3, 0.4) is 0 Å². The second kappa shape index (κ2) is 7.04. The van der Waals surface area contributed by atoms with Crippen molar-refractivity contribution in [2.24, 2.45) is 0 Å². The van der Waals surface area contributed by atoms with Gasteiger partial charge in [-0.3, -0.25) is 0 Å². The summed E-state index contributed by atoms with van der Waals surface area (Å²) >= 11 is 0. The first-order chi connectivity index (χ1) is 9.13. The average Bonchev–Trinajstić information content (AvgIpc) is 3.22. The van der Waals surface area contributed by atoms with Gasteiger partial charge in [-0.1, -0.05) is 13.3 Å². The molecule has 1 aliphatic carbocycles. The van der Waals surface area contributed by atoms with Crippen molar-refractivity contribution in [2.45, 2.75) is 70.4 Å². The Labute approximate surface area is 118 Å². The number of hydrogen-bond acceptors (Lipinski definition) is 3. The van der Waals surface area contributed by atoms with Crippen molar-refractivity contribution >= 4 is 10.0 Å². The molecule has 1 atom stereocenters. The highest BCUT2D eigenvalue weighted by atomic mass is 32.2. The molecule has 1 N–H and O–H groups in total. The zero-order valence-corrected chi connectivity index (χ0v) is 12.9. The third-order valence-corrected chi connectivity index (χ3v) is 6.24. The van der Waals surface area contributed by atoms with Crippen LogP contribution >= 0.6 is 0 Å². The second-order valence-electron chi connectivity index (χ2n) is 5.92. The van der Waals surface area contributed by atoms with E-state index in [0.29, 0.717) is 5.75 Å². The molecule has 0 amide bonds. The van der Waals surface area contributed by atoms with Crippen LogP contribution in [0.5, 0.6) is 0 Å². The summed E-state index contributed by atoms with van der Waals surface area (Å²) in [5, 5.41) is 3.43. The molecule has 2 fully saturated rings. The van der Waals surface area contributed by atoms with Crippen molar-refractivity contribution in [1.82, 2.24) is 9.62 Å². The van der Waals surface area contributed by atoms with E-state index in [2.05, 4.69) is 12.2 Å². The lowest BCUT2D eigenvalue weighted by Crippen LogP contribution is -2.44. The fraction of sp³-hybridized carbons (Fsp3) is 1.00. The minimum Gasteiger partial charge on any atom is -0.314 e. The first-order valence-electron chi connectivity index (χ1n) is 7.86. The van der Waals surface area contributed by atoms with Crippen LogP contribution < -0.4 is 5.32 Å². The molecule has 1 saturated heterocycles. The summed E-state index contributed by atoms with van der Waals surface area (Å²) in [6.07, 6.45) is 8.54. The quantitative estimate of drug-likeness (QED) is 0.696. The molecule has 5 heteroatoms. The Morgan fingerprint density at radius 1 is 1.16 bits per heavy atom. The highest BCUT2D eigenvalue weighted by molar-refractivity contribution is 7.89. The van der Waals surface area contributed by atoms with Gasteiger partial charge in [0.05, 0.1) is 5.75 Å². The molecule has 0 aromatic heterocycles. The third kappa shape index (κ3) is 4.72. The van der Waals surface area contributed by atoms with E-state index in [1.807, 2.05) is 0 Å². The van der Waals surface area contributed by atoms with Gasteiger partial charge in [0.2, 0.25) is 10.0 Å². The molecule has 1 unspecified atom stereocenters. The van der Waals surface area contributed by atoms with E-state index >= 15 is 0 Å². The predicted octanol–water partition coefficient (Wildman–Crippen LogP) is 2.11. The highest BCUT2D eigenvalue weighted by Gasteiger charge is 2.30. The Balaban J connectivity index is 1.72. The van der Waals surface area contributed by atoms with Crippen molar-refractivity contribution in [3.8, 4) is 0 Å². The van der Waals surface area contributed by atoms with Gasteiger partial charge in [0.25, 0.3) is 0 Å². The minimum absolute atomic E-state index is 0.253. The zero-order valence-electron chi connectivity index (χ0n) is 12.1. The highest BCUT2D eigenvalue weighted by Crippen LogP contribution is 2.23. The number of sulfonamides is 1. The maximum atomic E-state index is 12.4. The van der Waals surface area contributed by atoms with E-state index in [4.69, 9.17) is 0 Å². The summed E-state index contributed by atoms with van der Waals surface area (Å²) in [5.74, 6) is 0.329. The predicted molar refractivity (Wildman–Crippen MR) is 78.7 cm³/mol. The maximum absolute atomic E-state index is 12.4. The molecule has 19 heavy (non-hydrogen) atoms. The summed E-state index contributed by atoms with van der Waals surface area (Å²) in [5.41, 5.74) is 0. The molecule has 2 aliphatic rings. The van der Waals surface area contributed by atoms with Crippen molar-refractivity contribution in [3.05, 3.63) is 0 Å². The summed E-state index contributed by atoms with van der Waals surface area (Å²) in [7, 11) is -3.02. The number of rotatable bonds is 8. The lowest BCUT2D eigenvalue weighted by atomic mass is 10.0. The molecule has 0 bridgehead atoms. The van der Waals surface area contributed by atoms with Gasteiger partial charge in [-0.25, -0.2) is 8.42 Å². The smallest absolute Gasteiger partial charge is 0.214 e. The molecule has 4 nitrogen and oxygen atoms in total. The van der Waals surface area contributed by atoms with Gasteiger partial charge >= 0.3 is 0 Å². The van der Waals surface area contributed by atoms with Crippen molar-refractivity contribution in [3.63, 3.8) is 0 Å². The van der Waals surface area contributed by atoms with Crippen LogP contribution in [0.25, 0.3) is 0 Å². The van der Waals surface area contributed by atoms with Crippen LogP contribution in [0.1, 0.15) is 58.3 Å². The van der Waals surface area contributed by atoms with Gasteiger partial charge in [0, 0.05) is 18.6 Å². The van der Waals surface area contributed by atoms with Crippen molar-refractivity contribution in [1.29, 1.82) is 0 Å². The average molecular weight is 288 g/mol. The Kier molecular flexibility index (Phi) is 5.66. The summed E-state index contributed by atoms with van der Waals surface area (Å²) in [6, 6.07) is 0.978. The van der Waals surface area contributed by atoms with Gasteiger partial charge in [0.1, 0.15) is 0 Å². The zero-order chi connectivity index (χ0) is 13.7. The van der Waals surface area contributed by atoms with Crippen LogP contribution in [0, 0.1) is 0 Å². The van der Waals surface area contributed by atoms with E-state index in [-0.39, 0.29) is 6.04 Å². The van der Waals surface area contributed by atoms with Crippen molar-refractivity contribution < 1.29 is 8.42 Å². The number of nitrogens with zero attached hydrogens (tertiary/aromatic N) is 1. The monoisotopic (exact) mass is 288 g/mol. The Hall–Kier alpha value is -0.130. The Morgan fingerprint density at radius 2 is 1.95 bits per heavy atom. The van der Waals surface area contributed by atoms with E-state index < -0.39 is 10.0 Å². The van der Waals surface area contributed by atoms with Crippen LogP contribution in [-0.4, -0.2) is 43.6 Å². The van der Waals surface area contributed by atoms with E-state index in [1.165, 1.54) is 19.3 Å². The molecule has 0 radical (unpaired) electrons. The first kappa shape index (κ1) is 15.3. The molecular weight excluding hydrogens is 260 g/mol. The summed E-state index contributed by atoms with van der Waals surface area (Å²) < 4.78 is 26.5. The number of unbranched alkanes of at least 4 members (excludes halogenated alkanes) is 1. The van der Waals surface area contributed by atoms with E-state index in [1.54, 1.807) is 4.31 Å².